The minimum Gasteiger partial charge on any atom is -0.345 e. The first kappa shape index (κ1) is 17.0. The second kappa shape index (κ2) is 6.96. The molecular weight excluding hydrogens is 318 g/mol. The molecule has 2 aromatic rings. The Morgan fingerprint density at radius 3 is 2.48 bits per heavy atom. The van der Waals surface area contributed by atoms with Gasteiger partial charge in [0, 0.05) is 35.6 Å². The van der Waals surface area contributed by atoms with E-state index in [9.17, 15) is 9.59 Å². The zero-order valence-electron chi connectivity index (χ0n) is 14.7. The van der Waals surface area contributed by atoms with Gasteiger partial charge in [-0.3, -0.25) is 9.48 Å². The summed E-state index contributed by atoms with van der Waals surface area (Å²) in [5, 5.41) is 12.8. The van der Waals surface area contributed by atoms with Crippen LogP contribution in [-0.4, -0.2) is 27.8 Å². The highest BCUT2D eigenvalue weighted by molar-refractivity contribution is 5.95. The quantitative estimate of drug-likeness (QED) is 0.781. The molecule has 1 atom stereocenters. The summed E-state index contributed by atoms with van der Waals surface area (Å²) >= 11 is 0. The lowest BCUT2D eigenvalue weighted by Gasteiger charge is -2.14. The van der Waals surface area contributed by atoms with E-state index >= 15 is 0 Å². The van der Waals surface area contributed by atoms with Crippen molar-refractivity contribution in [1.29, 1.82) is 0 Å². The predicted octanol–water partition coefficient (Wildman–Crippen LogP) is 2.50. The Hall–Kier alpha value is -2.83. The van der Waals surface area contributed by atoms with Crippen LogP contribution in [0.3, 0.4) is 0 Å². The molecule has 1 aromatic carbocycles. The van der Waals surface area contributed by atoms with Crippen LogP contribution in [0.4, 0.5) is 10.5 Å². The number of hydrogen-bond acceptors (Lipinski definition) is 3. The van der Waals surface area contributed by atoms with Crippen molar-refractivity contribution in [3.8, 4) is 0 Å². The van der Waals surface area contributed by atoms with E-state index in [2.05, 4.69) is 21.0 Å². The smallest absolute Gasteiger partial charge is 0.319 e. The second-order valence-electron chi connectivity index (χ2n) is 6.45. The van der Waals surface area contributed by atoms with Crippen molar-refractivity contribution in [1.82, 2.24) is 20.4 Å². The molecule has 0 radical (unpaired) electrons. The third-order valence-electron chi connectivity index (χ3n) is 4.40. The van der Waals surface area contributed by atoms with E-state index in [1.54, 1.807) is 35.1 Å². The number of urea groups is 1. The van der Waals surface area contributed by atoms with Gasteiger partial charge in [-0.1, -0.05) is 0 Å². The maximum Gasteiger partial charge on any atom is 0.319 e. The Bertz CT molecular complexity index is 777. The highest BCUT2D eigenvalue weighted by atomic mass is 16.2. The normalized spacial score (nSPS) is 14.7. The first-order chi connectivity index (χ1) is 11.9. The monoisotopic (exact) mass is 341 g/mol. The summed E-state index contributed by atoms with van der Waals surface area (Å²) < 4.78 is 1.78. The first-order valence-electron chi connectivity index (χ1n) is 8.41. The van der Waals surface area contributed by atoms with Crippen molar-refractivity contribution in [3.63, 3.8) is 0 Å². The summed E-state index contributed by atoms with van der Waals surface area (Å²) in [7, 11) is 1.87. The Labute approximate surface area is 146 Å². The van der Waals surface area contributed by atoms with E-state index in [0.717, 1.165) is 24.1 Å². The molecule has 1 unspecified atom stereocenters. The average molecular weight is 341 g/mol. The van der Waals surface area contributed by atoms with E-state index in [-0.39, 0.29) is 18.0 Å². The molecule has 1 aliphatic carbocycles. The highest BCUT2D eigenvalue weighted by Crippen LogP contribution is 2.19. The van der Waals surface area contributed by atoms with Gasteiger partial charge in [-0.25, -0.2) is 4.79 Å². The fraction of sp³-hybridized carbons (Fsp3) is 0.389. The van der Waals surface area contributed by atoms with Crippen LogP contribution in [0.15, 0.2) is 30.5 Å². The number of rotatable bonds is 5. The van der Waals surface area contributed by atoms with Gasteiger partial charge in [0.15, 0.2) is 0 Å². The van der Waals surface area contributed by atoms with Crippen molar-refractivity contribution in [2.75, 3.05) is 5.32 Å². The van der Waals surface area contributed by atoms with Crippen LogP contribution in [0.2, 0.25) is 0 Å². The number of nitrogens with zero attached hydrogens (tertiary/aromatic N) is 2. The number of carbonyl (C=O) groups is 2. The topological polar surface area (TPSA) is 88.1 Å². The van der Waals surface area contributed by atoms with Crippen molar-refractivity contribution >= 4 is 17.6 Å². The maximum absolute atomic E-state index is 12.4. The number of carbonyl (C=O) groups excluding carboxylic acids is 2. The lowest BCUT2D eigenvalue weighted by atomic mass is 10.1. The average Bonchev–Trinajstić information content (AvgIpc) is 3.32. The van der Waals surface area contributed by atoms with Crippen LogP contribution in [0, 0.1) is 6.92 Å². The lowest BCUT2D eigenvalue weighted by Crippen LogP contribution is -2.30. The number of anilines is 1. The number of nitrogens with one attached hydrogen (secondary N) is 3. The largest absolute Gasteiger partial charge is 0.345 e. The van der Waals surface area contributed by atoms with Crippen molar-refractivity contribution in [2.45, 2.75) is 38.8 Å². The van der Waals surface area contributed by atoms with E-state index in [4.69, 9.17) is 0 Å². The fourth-order valence-electron chi connectivity index (χ4n) is 2.58. The Balaban J connectivity index is 1.58. The molecule has 1 heterocycles. The lowest BCUT2D eigenvalue weighted by molar-refractivity contribution is 0.0940. The van der Waals surface area contributed by atoms with Gasteiger partial charge in [0.05, 0.1) is 12.2 Å². The molecule has 7 nitrogen and oxygen atoms in total. The van der Waals surface area contributed by atoms with Crippen LogP contribution in [0.5, 0.6) is 0 Å². The number of benzene rings is 1. The molecule has 3 N–H and O–H groups in total. The van der Waals surface area contributed by atoms with Gasteiger partial charge in [0.2, 0.25) is 0 Å². The minimum atomic E-state index is -0.208. The number of aromatic nitrogens is 2. The summed E-state index contributed by atoms with van der Waals surface area (Å²) in [6.45, 7) is 3.90. The maximum atomic E-state index is 12.4. The van der Waals surface area contributed by atoms with Crippen molar-refractivity contribution < 1.29 is 9.59 Å². The molecule has 1 saturated carbocycles. The first-order valence-corrected chi connectivity index (χ1v) is 8.41. The third kappa shape index (κ3) is 4.17. The summed E-state index contributed by atoms with van der Waals surface area (Å²) in [5.41, 5.74) is 3.22. The van der Waals surface area contributed by atoms with Gasteiger partial charge in [-0.15, -0.1) is 0 Å². The number of aryl methyl sites for hydroxylation is 1. The molecule has 0 spiro atoms. The summed E-state index contributed by atoms with van der Waals surface area (Å²) in [6.07, 6.45) is 3.86. The SMILES string of the molecule is Cc1c(C(C)NC(=O)c2ccc(NC(=O)NC3CC3)cc2)cnn1C. The molecule has 0 bridgehead atoms. The van der Waals surface area contributed by atoms with Crippen molar-refractivity contribution in [2.24, 2.45) is 7.05 Å². The van der Waals surface area contributed by atoms with E-state index in [0.29, 0.717) is 17.3 Å². The van der Waals surface area contributed by atoms with E-state index in [1.807, 2.05) is 20.9 Å². The zero-order chi connectivity index (χ0) is 18.0. The summed E-state index contributed by atoms with van der Waals surface area (Å²) in [4.78, 5) is 24.1. The van der Waals surface area contributed by atoms with Crippen LogP contribution in [0.1, 0.15) is 47.4 Å². The highest BCUT2D eigenvalue weighted by Gasteiger charge is 2.23. The van der Waals surface area contributed by atoms with Gasteiger partial charge < -0.3 is 16.0 Å². The molecule has 1 fully saturated rings. The van der Waals surface area contributed by atoms with Gasteiger partial charge in [-0.05, 0) is 51.0 Å². The summed E-state index contributed by atoms with van der Waals surface area (Å²) in [5.74, 6) is -0.162. The van der Waals surface area contributed by atoms with Gasteiger partial charge in [0.1, 0.15) is 0 Å². The van der Waals surface area contributed by atoms with Crippen LogP contribution in [-0.2, 0) is 7.05 Å². The fourth-order valence-corrected chi connectivity index (χ4v) is 2.58. The van der Waals surface area contributed by atoms with Crippen LogP contribution in [0.25, 0.3) is 0 Å². The standard InChI is InChI=1S/C18H23N5O2/c1-11(16-10-19-23(3)12(16)2)20-17(24)13-4-6-14(7-5-13)21-18(25)22-15-8-9-15/h4-7,10-11,15H,8-9H2,1-3H3,(H,20,24)(H2,21,22,25). The van der Waals surface area contributed by atoms with E-state index < -0.39 is 0 Å². The number of hydrogen-bond donors (Lipinski definition) is 3. The number of amides is 3. The molecule has 7 heteroatoms. The molecular formula is C18H23N5O2. The molecule has 1 aliphatic rings. The Morgan fingerprint density at radius 1 is 1.24 bits per heavy atom. The molecule has 1 aromatic heterocycles. The minimum absolute atomic E-state index is 0.136. The van der Waals surface area contributed by atoms with Gasteiger partial charge >= 0.3 is 6.03 Å². The third-order valence-corrected chi connectivity index (χ3v) is 4.40. The Kier molecular flexibility index (Phi) is 4.74. The molecule has 132 valence electrons. The second-order valence-corrected chi connectivity index (χ2v) is 6.45. The Morgan fingerprint density at radius 2 is 1.92 bits per heavy atom. The van der Waals surface area contributed by atoms with Crippen LogP contribution >= 0.6 is 0 Å². The molecule has 25 heavy (non-hydrogen) atoms. The van der Waals surface area contributed by atoms with Gasteiger partial charge in [-0.2, -0.15) is 5.10 Å². The molecule has 0 aliphatic heterocycles. The van der Waals surface area contributed by atoms with Gasteiger partial charge in [0.25, 0.3) is 5.91 Å². The zero-order valence-corrected chi connectivity index (χ0v) is 14.7. The van der Waals surface area contributed by atoms with Crippen LogP contribution < -0.4 is 16.0 Å². The van der Waals surface area contributed by atoms with Crippen molar-refractivity contribution in [3.05, 3.63) is 47.3 Å². The molecule has 3 amide bonds. The van der Waals surface area contributed by atoms with E-state index in [1.165, 1.54) is 0 Å². The predicted molar refractivity (Wildman–Crippen MR) is 95.4 cm³/mol. The molecule has 3 rings (SSSR count). The summed E-state index contributed by atoms with van der Waals surface area (Å²) in [6, 6.07) is 6.81. The molecule has 0 saturated heterocycles.